The number of pyridine rings is 1. The maximum Gasteiger partial charge on any atom is 0.412 e. The molecule has 1 saturated carbocycles. The van der Waals surface area contributed by atoms with Crippen LogP contribution in [0.4, 0.5) is 10.5 Å². The summed E-state index contributed by atoms with van der Waals surface area (Å²) >= 11 is 0. The molecular weight excluding hydrogens is 426 g/mol. The van der Waals surface area contributed by atoms with Crippen LogP contribution in [0.5, 0.6) is 0 Å². The number of anilines is 1. The minimum absolute atomic E-state index is 0.000179. The summed E-state index contributed by atoms with van der Waals surface area (Å²) in [6.07, 6.45) is 3.97. The van der Waals surface area contributed by atoms with Gasteiger partial charge in [-0.15, -0.1) is 0 Å². The largest absolute Gasteiger partial charge is 0.444 e. The molecule has 0 unspecified atom stereocenters. The van der Waals surface area contributed by atoms with Crippen molar-refractivity contribution in [3.63, 3.8) is 0 Å². The van der Waals surface area contributed by atoms with Gasteiger partial charge in [0.1, 0.15) is 23.4 Å². The number of hydrogen-bond acceptors (Lipinski definition) is 6. The number of ether oxygens (including phenoxy) is 1. The molecule has 2 fully saturated rings. The Bertz CT molecular complexity index is 1000. The zero-order valence-electron chi connectivity index (χ0n) is 19.2. The molecule has 3 N–H and O–H groups in total. The highest BCUT2D eigenvalue weighted by atomic mass is 16.6. The van der Waals surface area contributed by atoms with Crippen molar-refractivity contribution < 1.29 is 19.1 Å². The van der Waals surface area contributed by atoms with Crippen molar-refractivity contribution in [1.82, 2.24) is 15.2 Å². The van der Waals surface area contributed by atoms with Crippen LogP contribution in [0, 0.1) is 23.2 Å². The van der Waals surface area contributed by atoms with Crippen molar-refractivity contribution in [3.05, 3.63) is 28.7 Å². The van der Waals surface area contributed by atoms with Crippen molar-refractivity contribution in [1.29, 1.82) is 5.26 Å². The van der Waals surface area contributed by atoms with Crippen LogP contribution in [0.1, 0.15) is 58.9 Å². The first-order valence-electron chi connectivity index (χ1n) is 11.3. The van der Waals surface area contributed by atoms with E-state index in [9.17, 15) is 24.4 Å². The molecule has 1 saturated heterocycles. The maximum atomic E-state index is 13.2. The van der Waals surface area contributed by atoms with Crippen LogP contribution in [0.15, 0.2) is 23.1 Å². The van der Waals surface area contributed by atoms with Gasteiger partial charge in [-0.25, -0.2) is 4.79 Å². The van der Waals surface area contributed by atoms with Crippen molar-refractivity contribution in [2.45, 2.75) is 70.6 Å². The summed E-state index contributed by atoms with van der Waals surface area (Å²) in [5.74, 6) is -0.572. The SMILES string of the molecule is CC(C)(C)OC(=O)Nc1cccn([C@@H](CC2CC2)C(=O)N[C@H](C#N)C[C@@H]2CCNC2=O)c1=O. The quantitative estimate of drug-likeness (QED) is 0.545. The van der Waals surface area contributed by atoms with Gasteiger partial charge in [-0.3, -0.25) is 19.7 Å². The number of carbonyl (C=O) groups excluding carboxylic acids is 3. The van der Waals surface area contributed by atoms with Crippen molar-refractivity contribution >= 4 is 23.6 Å². The molecule has 0 aromatic carbocycles. The van der Waals surface area contributed by atoms with Crippen LogP contribution in [0.25, 0.3) is 0 Å². The van der Waals surface area contributed by atoms with Gasteiger partial charge in [-0.2, -0.15) is 5.26 Å². The van der Waals surface area contributed by atoms with Gasteiger partial charge < -0.3 is 19.9 Å². The normalized spacial score (nSPS) is 19.7. The van der Waals surface area contributed by atoms with Crippen LogP contribution in [0.2, 0.25) is 0 Å². The Labute approximate surface area is 192 Å². The Hall–Kier alpha value is -3.35. The molecule has 10 heteroatoms. The smallest absolute Gasteiger partial charge is 0.412 e. The zero-order chi connectivity index (χ0) is 24.2. The van der Waals surface area contributed by atoms with Gasteiger partial charge in [0.2, 0.25) is 11.8 Å². The third kappa shape index (κ3) is 6.81. The first kappa shape index (κ1) is 24.3. The highest BCUT2D eigenvalue weighted by Gasteiger charge is 2.34. The fourth-order valence-corrected chi connectivity index (χ4v) is 3.85. The van der Waals surface area contributed by atoms with Crippen molar-refractivity contribution in [3.8, 4) is 6.07 Å². The summed E-state index contributed by atoms with van der Waals surface area (Å²) in [6.45, 7) is 5.71. The second kappa shape index (κ2) is 10.1. The number of rotatable bonds is 8. The number of nitrogens with zero attached hydrogens (tertiary/aromatic N) is 2. The second-order valence-corrected chi connectivity index (χ2v) is 9.66. The molecule has 3 rings (SSSR count). The van der Waals surface area contributed by atoms with Crippen LogP contribution >= 0.6 is 0 Å². The fourth-order valence-electron chi connectivity index (χ4n) is 3.85. The minimum Gasteiger partial charge on any atom is -0.444 e. The van der Waals surface area contributed by atoms with Crippen LogP contribution in [-0.4, -0.2) is 40.7 Å². The van der Waals surface area contributed by atoms with Crippen molar-refractivity contribution in [2.75, 3.05) is 11.9 Å². The van der Waals surface area contributed by atoms with Gasteiger partial charge in [-0.1, -0.05) is 12.8 Å². The summed E-state index contributed by atoms with van der Waals surface area (Å²) in [5.41, 5.74) is -1.26. The predicted molar refractivity (Wildman–Crippen MR) is 120 cm³/mol. The van der Waals surface area contributed by atoms with Crippen LogP contribution < -0.4 is 21.5 Å². The molecule has 33 heavy (non-hydrogen) atoms. The second-order valence-electron chi connectivity index (χ2n) is 9.66. The van der Waals surface area contributed by atoms with E-state index in [1.807, 2.05) is 0 Å². The van der Waals surface area contributed by atoms with Crippen LogP contribution in [0.3, 0.4) is 0 Å². The predicted octanol–water partition coefficient (Wildman–Crippen LogP) is 2.07. The maximum absolute atomic E-state index is 13.2. The lowest BCUT2D eigenvalue weighted by Gasteiger charge is -2.23. The van der Waals surface area contributed by atoms with E-state index in [1.54, 1.807) is 26.8 Å². The molecule has 0 bridgehead atoms. The van der Waals surface area contributed by atoms with E-state index in [4.69, 9.17) is 4.74 Å². The Morgan fingerprint density at radius 1 is 1.27 bits per heavy atom. The topological polar surface area (TPSA) is 142 Å². The monoisotopic (exact) mass is 457 g/mol. The lowest BCUT2D eigenvalue weighted by Crippen LogP contribution is -2.43. The van der Waals surface area contributed by atoms with E-state index in [1.165, 1.54) is 16.8 Å². The van der Waals surface area contributed by atoms with Gasteiger partial charge >= 0.3 is 6.09 Å². The number of aromatic nitrogens is 1. The summed E-state index contributed by atoms with van der Waals surface area (Å²) in [4.78, 5) is 50.2. The lowest BCUT2D eigenvalue weighted by molar-refractivity contribution is -0.126. The molecule has 1 aromatic heterocycles. The molecule has 10 nitrogen and oxygen atoms in total. The first-order chi connectivity index (χ1) is 15.6. The summed E-state index contributed by atoms with van der Waals surface area (Å²) in [6, 6.07) is 3.41. The number of amides is 3. The van der Waals surface area contributed by atoms with Gasteiger partial charge in [0.25, 0.3) is 5.56 Å². The molecule has 1 aliphatic carbocycles. The average molecular weight is 458 g/mol. The minimum atomic E-state index is -0.841. The summed E-state index contributed by atoms with van der Waals surface area (Å²) < 4.78 is 6.50. The molecule has 0 radical (unpaired) electrons. The fraction of sp³-hybridized carbons (Fsp3) is 0.609. The van der Waals surface area contributed by atoms with Crippen LogP contribution in [-0.2, 0) is 14.3 Å². The third-order valence-electron chi connectivity index (χ3n) is 5.66. The molecule has 0 spiro atoms. The Balaban J connectivity index is 1.77. The molecule has 3 atom stereocenters. The summed E-state index contributed by atoms with van der Waals surface area (Å²) in [5, 5.41) is 17.4. The first-order valence-corrected chi connectivity index (χ1v) is 11.3. The third-order valence-corrected chi connectivity index (χ3v) is 5.66. The van der Waals surface area contributed by atoms with Gasteiger partial charge in [0.15, 0.2) is 0 Å². The zero-order valence-corrected chi connectivity index (χ0v) is 19.2. The summed E-state index contributed by atoms with van der Waals surface area (Å²) in [7, 11) is 0. The molecule has 178 valence electrons. The van der Waals surface area contributed by atoms with Crippen molar-refractivity contribution in [2.24, 2.45) is 11.8 Å². The van der Waals surface area contributed by atoms with E-state index in [0.717, 1.165) is 12.8 Å². The highest BCUT2D eigenvalue weighted by Crippen LogP contribution is 2.36. The van der Waals surface area contributed by atoms with Gasteiger partial charge in [-0.05, 0) is 58.1 Å². The molecule has 2 heterocycles. The van der Waals surface area contributed by atoms with E-state index in [0.29, 0.717) is 25.3 Å². The molecular formula is C23H31N5O5. The Kier molecular flexibility index (Phi) is 7.41. The molecule has 1 aliphatic heterocycles. The number of nitrogens with one attached hydrogen (secondary N) is 3. The number of hydrogen-bond donors (Lipinski definition) is 3. The molecule has 2 aliphatic rings. The van der Waals surface area contributed by atoms with Gasteiger partial charge in [0.05, 0.1) is 6.07 Å². The molecule has 1 aromatic rings. The van der Waals surface area contributed by atoms with E-state index in [2.05, 4.69) is 22.0 Å². The van der Waals surface area contributed by atoms with E-state index < -0.39 is 35.2 Å². The van der Waals surface area contributed by atoms with E-state index >= 15 is 0 Å². The highest BCUT2D eigenvalue weighted by molar-refractivity contribution is 5.85. The average Bonchev–Trinajstić information content (AvgIpc) is 3.46. The standard InChI is InChI=1S/C23H31N5O5/c1-23(2,3)33-22(32)27-17-5-4-10-28(21(17)31)18(11-14-6-7-14)20(30)26-16(13-24)12-15-8-9-25-19(15)29/h4-5,10,14-16,18H,6-9,11-12H2,1-3H3,(H,25,29)(H,26,30)(H,27,32)/t15-,16-,18-/m0/s1. The Morgan fingerprint density at radius 2 is 2.00 bits per heavy atom. The lowest BCUT2D eigenvalue weighted by atomic mass is 9.98. The van der Waals surface area contributed by atoms with Gasteiger partial charge in [0, 0.05) is 18.7 Å². The molecule has 3 amide bonds. The number of nitriles is 1. The Morgan fingerprint density at radius 3 is 2.58 bits per heavy atom. The number of carbonyl (C=O) groups is 3. The van der Waals surface area contributed by atoms with E-state index in [-0.39, 0.29) is 23.9 Å².